The number of carbonyl (C=O) groups is 2. The zero-order valence-electron chi connectivity index (χ0n) is 15.5. The van der Waals surface area contributed by atoms with Gasteiger partial charge in [0.2, 0.25) is 5.91 Å². The fourth-order valence-corrected chi connectivity index (χ4v) is 6.29. The van der Waals surface area contributed by atoms with E-state index >= 15 is 0 Å². The fourth-order valence-electron chi connectivity index (χ4n) is 5.25. The molecule has 2 saturated carbocycles. The van der Waals surface area contributed by atoms with Crippen LogP contribution in [0.15, 0.2) is 35.1 Å². The molecule has 8 heteroatoms. The predicted molar refractivity (Wildman–Crippen MR) is 106 cm³/mol. The summed E-state index contributed by atoms with van der Waals surface area (Å²) in [6.07, 6.45) is 0.678. The Bertz CT molecular complexity index is 1040. The Labute approximate surface area is 169 Å². The third-order valence-electron chi connectivity index (χ3n) is 6.63. The molecule has 6 atom stereocenters. The molecule has 0 spiro atoms. The van der Waals surface area contributed by atoms with Crippen molar-refractivity contribution in [3.8, 4) is 5.69 Å². The summed E-state index contributed by atoms with van der Waals surface area (Å²) in [4.78, 5) is 38.5. The minimum Gasteiger partial charge on any atom is -0.461 e. The van der Waals surface area contributed by atoms with Crippen LogP contribution >= 0.6 is 15.9 Å². The van der Waals surface area contributed by atoms with Gasteiger partial charge < -0.3 is 10.1 Å². The number of hydrogen-bond donors (Lipinski definition) is 1. The standard InChI is InChI=1S/C20H20BrN3O4/c1-9-16(19(26)24(23(9)2)10-6-4-3-5-7-10)22-18(25)13-11-8-12-14(13)20(27)28-17(12)15(11)21/h3-7,11-15,17H,8H2,1-2H3,(H,22,25)/t11-,12-,13-,14-,15-,17+/m1/s1. The van der Waals surface area contributed by atoms with Gasteiger partial charge in [-0.3, -0.25) is 19.1 Å². The number of halogens is 1. The van der Waals surface area contributed by atoms with Crippen LogP contribution in [0.1, 0.15) is 12.1 Å². The number of hydrogen-bond acceptors (Lipinski definition) is 4. The van der Waals surface area contributed by atoms with Gasteiger partial charge in [0, 0.05) is 13.0 Å². The minimum absolute atomic E-state index is 0.00574. The maximum atomic E-state index is 13.1. The van der Waals surface area contributed by atoms with E-state index in [-0.39, 0.29) is 45.9 Å². The molecule has 2 aliphatic carbocycles. The van der Waals surface area contributed by atoms with E-state index in [0.29, 0.717) is 5.69 Å². The average Bonchev–Trinajstić information content (AvgIpc) is 3.34. The number of alkyl halides is 1. The number of esters is 1. The predicted octanol–water partition coefficient (Wildman–Crippen LogP) is 1.99. The van der Waals surface area contributed by atoms with Gasteiger partial charge in [-0.2, -0.15) is 0 Å². The lowest BCUT2D eigenvalue weighted by Gasteiger charge is -2.27. The van der Waals surface area contributed by atoms with E-state index < -0.39 is 11.8 Å². The quantitative estimate of drug-likeness (QED) is 0.578. The van der Waals surface area contributed by atoms with Crippen molar-refractivity contribution in [3.05, 3.63) is 46.4 Å². The lowest BCUT2D eigenvalue weighted by Crippen LogP contribution is -2.41. The number of benzene rings is 1. The summed E-state index contributed by atoms with van der Waals surface area (Å²) in [5.41, 5.74) is 1.35. The van der Waals surface area contributed by atoms with E-state index in [0.717, 1.165) is 12.1 Å². The lowest BCUT2D eigenvalue weighted by atomic mass is 9.79. The van der Waals surface area contributed by atoms with E-state index in [9.17, 15) is 14.4 Å². The Hall–Kier alpha value is -2.35. The zero-order chi connectivity index (χ0) is 19.7. The number of fused-ring (bicyclic) bond motifs is 1. The highest BCUT2D eigenvalue weighted by molar-refractivity contribution is 9.09. The average molecular weight is 446 g/mol. The van der Waals surface area contributed by atoms with E-state index in [1.54, 1.807) is 18.7 Å². The third-order valence-corrected chi connectivity index (χ3v) is 7.83. The van der Waals surface area contributed by atoms with Crippen molar-refractivity contribution in [3.63, 3.8) is 0 Å². The molecule has 2 bridgehead atoms. The Morgan fingerprint density at radius 1 is 1.21 bits per heavy atom. The van der Waals surface area contributed by atoms with Gasteiger partial charge in [0.05, 0.1) is 28.0 Å². The van der Waals surface area contributed by atoms with Crippen molar-refractivity contribution in [2.75, 3.05) is 5.32 Å². The first-order valence-electron chi connectivity index (χ1n) is 9.39. The summed E-state index contributed by atoms with van der Waals surface area (Å²) in [6, 6.07) is 9.28. The molecule has 5 rings (SSSR count). The number of amides is 1. The van der Waals surface area contributed by atoms with Gasteiger partial charge >= 0.3 is 5.97 Å². The molecule has 1 aliphatic heterocycles. The summed E-state index contributed by atoms with van der Waals surface area (Å²) >= 11 is 3.62. The van der Waals surface area contributed by atoms with Crippen molar-refractivity contribution in [2.24, 2.45) is 30.7 Å². The van der Waals surface area contributed by atoms with Gasteiger partial charge in [-0.05, 0) is 31.4 Å². The molecule has 1 amide bonds. The number of aromatic nitrogens is 2. The number of nitrogens with zero attached hydrogens (tertiary/aromatic N) is 2. The van der Waals surface area contributed by atoms with Gasteiger partial charge in [-0.1, -0.05) is 34.1 Å². The van der Waals surface area contributed by atoms with Crippen LogP contribution in [-0.2, 0) is 21.4 Å². The lowest BCUT2D eigenvalue weighted by molar-refractivity contribution is -0.145. The largest absolute Gasteiger partial charge is 0.461 e. The Kier molecular flexibility index (Phi) is 3.84. The molecular weight excluding hydrogens is 426 g/mol. The van der Waals surface area contributed by atoms with E-state index in [1.807, 2.05) is 30.3 Å². The van der Waals surface area contributed by atoms with E-state index in [2.05, 4.69) is 21.2 Å². The molecule has 2 aromatic rings. The topological polar surface area (TPSA) is 82.3 Å². The molecule has 2 heterocycles. The maximum absolute atomic E-state index is 13.1. The molecule has 28 heavy (non-hydrogen) atoms. The van der Waals surface area contributed by atoms with Crippen LogP contribution in [-0.4, -0.2) is 32.2 Å². The molecule has 3 fully saturated rings. The van der Waals surface area contributed by atoms with Crippen LogP contribution < -0.4 is 10.9 Å². The monoisotopic (exact) mass is 445 g/mol. The first-order valence-corrected chi connectivity index (χ1v) is 10.3. The normalized spacial score (nSPS) is 32.6. The molecule has 1 N–H and O–H groups in total. The van der Waals surface area contributed by atoms with Crippen LogP contribution in [0.2, 0.25) is 0 Å². The van der Waals surface area contributed by atoms with Crippen molar-refractivity contribution >= 4 is 33.5 Å². The van der Waals surface area contributed by atoms with Gasteiger partial charge in [0.1, 0.15) is 11.8 Å². The summed E-state index contributed by atoms with van der Waals surface area (Å²) in [7, 11) is 1.78. The Morgan fingerprint density at radius 2 is 1.93 bits per heavy atom. The highest BCUT2D eigenvalue weighted by Gasteiger charge is 2.67. The zero-order valence-corrected chi connectivity index (χ0v) is 17.0. The molecule has 0 unspecified atom stereocenters. The molecule has 0 radical (unpaired) electrons. The van der Waals surface area contributed by atoms with Crippen LogP contribution in [0.25, 0.3) is 5.69 Å². The summed E-state index contributed by atoms with van der Waals surface area (Å²) < 4.78 is 8.72. The molecule has 1 aromatic carbocycles. The number of carbonyl (C=O) groups excluding carboxylic acids is 2. The van der Waals surface area contributed by atoms with Gasteiger partial charge in [-0.25, -0.2) is 4.68 Å². The van der Waals surface area contributed by atoms with Crippen LogP contribution in [0.4, 0.5) is 5.69 Å². The smallest absolute Gasteiger partial charge is 0.310 e. The number of anilines is 1. The molecule has 146 valence electrons. The van der Waals surface area contributed by atoms with E-state index in [4.69, 9.17) is 4.74 Å². The SMILES string of the molecule is Cc1c(NC(=O)[C@@H]2[C@H]3C[C@H]4[C@H](OC(=O)[C@H]42)[C@@H]3Br)c(=O)n(-c2ccccc2)n1C. The third kappa shape index (κ3) is 2.24. The van der Waals surface area contributed by atoms with Crippen LogP contribution in [0.5, 0.6) is 0 Å². The van der Waals surface area contributed by atoms with Crippen LogP contribution in [0, 0.1) is 30.6 Å². The Morgan fingerprint density at radius 3 is 2.64 bits per heavy atom. The fraction of sp³-hybridized carbons (Fsp3) is 0.450. The summed E-state index contributed by atoms with van der Waals surface area (Å²) in [5.74, 6) is -1.28. The number of nitrogens with one attached hydrogen (secondary N) is 1. The van der Waals surface area contributed by atoms with Crippen LogP contribution in [0.3, 0.4) is 0 Å². The first kappa shape index (κ1) is 17.7. The maximum Gasteiger partial charge on any atom is 0.310 e. The molecule has 1 aromatic heterocycles. The van der Waals surface area contributed by atoms with E-state index in [1.165, 1.54) is 4.68 Å². The number of ether oxygens (including phenoxy) is 1. The number of rotatable bonds is 3. The van der Waals surface area contributed by atoms with Crippen molar-refractivity contribution in [1.82, 2.24) is 9.36 Å². The van der Waals surface area contributed by atoms with Crippen molar-refractivity contribution in [2.45, 2.75) is 24.3 Å². The molecule has 1 saturated heterocycles. The molecule has 3 aliphatic rings. The number of para-hydroxylation sites is 1. The second-order valence-corrected chi connectivity index (χ2v) is 8.94. The molecular formula is C20H20BrN3O4. The second kappa shape index (κ2) is 6.07. The van der Waals surface area contributed by atoms with Gasteiger partial charge in [0.15, 0.2) is 0 Å². The first-order chi connectivity index (χ1) is 13.4. The summed E-state index contributed by atoms with van der Waals surface area (Å²) in [5, 5.41) is 2.84. The Balaban J connectivity index is 1.49. The minimum atomic E-state index is -0.468. The molecule has 7 nitrogen and oxygen atoms in total. The van der Waals surface area contributed by atoms with Crippen molar-refractivity contribution < 1.29 is 14.3 Å². The highest BCUT2D eigenvalue weighted by atomic mass is 79.9. The van der Waals surface area contributed by atoms with Gasteiger partial charge in [-0.15, -0.1) is 0 Å². The van der Waals surface area contributed by atoms with Crippen molar-refractivity contribution in [1.29, 1.82) is 0 Å². The summed E-state index contributed by atoms with van der Waals surface area (Å²) in [6.45, 7) is 1.80. The van der Waals surface area contributed by atoms with Gasteiger partial charge in [0.25, 0.3) is 5.56 Å². The highest BCUT2D eigenvalue weighted by Crippen LogP contribution is 2.60. The second-order valence-electron chi connectivity index (χ2n) is 7.89.